The van der Waals surface area contributed by atoms with Gasteiger partial charge in [0.25, 0.3) is 0 Å². The molecule has 144 valence electrons. The molecule has 1 aliphatic rings. The van der Waals surface area contributed by atoms with E-state index in [9.17, 15) is 4.79 Å². The second kappa shape index (κ2) is 8.19. The molecule has 3 heteroatoms. The summed E-state index contributed by atoms with van der Waals surface area (Å²) in [7, 11) is 0. The van der Waals surface area contributed by atoms with E-state index in [-0.39, 0.29) is 5.97 Å². The summed E-state index contributed by atoms with van der Waals surface area (Å²) in [5.41, 5.74) is 3.62. The number of rotatable bonds is 5. The van der Waals surface area contributed by atoms with Gasteiger partial charge in [0.2, 0.25) is 0 Å². The van der Waals surface area contributed by atoms with Crippen LogP contribution in [0.4, 0.5) is 0 Å². The van der Waals surface area contributed by atoms with Crippen molar-refractivity contribution in [1.82, 2.24) is 0 Å². The summed E-state index contributed by atoms with van der Waals surface area (Å²) < 4.78 is 11.3. The molecule has 1 heterocycles. The van der Waals surface area contributed by atoms with Crippen molar-refractivity contribution in [2.75, 3.05) is 0 Å². The summed E-state index contributed by atoms with van der Waals surface area (Å²) in [5, 5.41) is 0. The van der Waals surface area contributed by atoms with Gasteiger partial charge in [0, 0.05) is 5.56 Å². The highest BCUT2D eigenvalue weighted by Crippen LogP contribution is 2.30. The van der Waals surface area contributed by atoms with Crippen molar-refractivity contribution in [3.8, 4) is 11.5 Å². The molecule has 0 amide bonds. The Morgan fingerprint density at radius 2 is 1.48 bits per heavy atom. The zero-order valence-corrected chi connectivity index (χ0v) is 16.5. The van der Waals surface area contributed by atoms with Crippen LogP contribution in [0, 0.1) is 0 Å². The zero-order chi connectivity index (χ0) is 20.2. The minimum atomic E-state index is -0.336. The molecule has 3 aromatic rings. The van der Waals surface area contributed by atoms with Gasteiger partial charge in [0.15, 0.2) is 0 Å². The smallest absolute Gasteiger partial charge is 0.343 e. The molecule has 0 fully saturated rings. The first-order chi connectivity index (χ1) is 14.1. The number of hydrogen-bond acceptors (Lipinski definition) is 3. The first-order valence-electron chi connectivity index (χ1n) is 9.67. The van der Waals surface area contributed by atoms with E-state index in [1.54, 1.807) is 6.08 Å². The van der Waals surface area contributed by atoms with E-state index in [1.807, 2.05) is 72.8 Å². The maximum Gasteiger partial charge on any atom is 0.343 e. The molecule has 0 aromatic heterocycles. The average Bonchev–Trinajstić information content (AvgIpc) is 3.10. The van der Waals surface area contributed by atoms with Crippen molar-refractivity contribution < 1.29 is 14.3 Å². The summed E-state index contributed by atoms with van der Waals surface area (Å²) in [5.74, 6) is 2.20. The molecule has 3 aromatic carbocycles. The number of ether oxygens (including phenoxy) is 2. The molecular formula is C26H22O3. The van der Waals surface area contributed by atoms with Gasteiger partial charge >= 0.3 is 5.97 Å². The average molecular weight is 382 g/mol. The molecule has 0 N–H and O–H groups in total. The fourth-order valence-electron chi connectivity index (χ4n) is 3.10. The number of cyclic esters (lactones) is 1. The van der Waals surface area contributed by atoms with Crippen molar-refractivity contribution in [1.29, 1.82) is 0 Å². The molecule has 0 aliphatic carbocycles. The first kappa shape index (κ1) is 18.8. The Morgan fingerprint density at radius 3 is 2.14 bits per heavy atom. The van der Waals surface area contributed by atoms with Gasteiger partial charge in [-0.25, -0.2) is 4.79 Å². The molecule has 4 rings (SSSR count). The number of benzene rings is 3. The number of esters is 1. The molecule has 0 bridgehead atoms. The van der Waals surface area contributed by atoms with Gasteiger partial charge in [-0.2, -0.15) is 0 Å². The third kappa shape index (κ3) is 4.46. The molecular weight excluding hydrogens is 360 g/mol. The van der Waals surface area contributed by atoms with E-state index in [2.05, 4.69) is 26.0 Å². The summed E-state index contributed by atoms with van der Waals surface area (Å²) >= 11 is 0. The van der Waals surface area contributed by atoms with Crippen LogP contribution in [0.25, 0.3) is 11.8 Å². The SMILES string of the molecule is CC(C)c1ccc(/C=C2\C=C(c3ccc(Oc4ccccc4)cc3)OC2=O)cc1. The molecule has 0 radical (unpaired) electrons. The van der Waals surface area contributed by atoms with Crippen molar-refractivity contribution in [3.63, 3.8) is 0 Å². The third-order valence-electron chi connectivity index (χ3n) is 4.77. The highest BCUT2D eigenvalue weighted by Gasteiger charge is 2.22. The molecule has 29 heavy (non-hydrogen) atoms. The van der Waals surface area contributed by atoms with Gasteiger partial charge in [0.05, 0.1) is 5.57 Å². The maximum atomic E-state index is 12.3. The molecule has 0 spiro atoms. The van der Waals surface area contributed by atoms with Gasteiger partial charge in [-0.15, -0.1) is 0 Å². The van der Waals surface area contributed by atoms with Crippen LogP contribution in [-0.2, 0) is 9.53 Å². The molecule has 0 saturated heterocycles. The third-order valence-corrected chi connectivity index (χ3v) is 4.77. The van der Waals surface area contributed by atoms with Crippen molar-refractivity contribution in [2.24, 2.45) is 0 Å². The largest absolute Gasteiger partial charge is 0.457 e. The summed E-state index contributed by atoms with van der Waals surface area (Å²) in [6, 6.07) is 25.3. The van der Waals surface area contributed by atoms with E-state index in [0.29, 0.717) is 17.3 Å². The Hall–Kier alpha value is -3.59. The Balaban J connectivity index is 1.51. The van der Waals surface area contributed by atoms with Gasteiger partial charge in [-0.05, 0) is 65.6 Å². The standard InChI is InChI=1S/C26H22O3/c1-18(2)20-10-8-19(9-11-20)16-22-17-25(29-26(22)27)21-12-14-24(15-13-21)28-23-6-4-3-5-7-23/h3-18H,1-2H3/b22-16+. The highest BCUT2D eigenvalue weighted by molar-refractivity contribution is 6.05. The zero-order valence-electron chi connectivity index (χ0n) is 16.5. The second-order valence-electron chi connectivity index (χ2n) is 7.26. The Morgan fingerprint density at radius 1 is 0.828 bits per heavy atom. The van der Waals surface area contributed by atoms with Crippen LogP contribution in [0.1, 0.15) is 36.5 Å². The van der Waals surface area contributed by atoms with Gasteiger partial charge < -0.3 is 9.47 Å². The molecule has 0 saturated carbocycles. The van der Waals surface area contributed by atoms with Crippen LogP contribution >= 0.6 is 0 Å². The predicted octanol–water partition coefficient (Wildman–Crippen LogP) is 6.58. The van der Waals surface area contributed by atoms with E-state index in [0.717, 1.165) is 22.6 Å². The number of para-hydroxylation sites is 1. The number of carbonyl (C=O) groups excluding carboxylic acids is 1. The maximum absolute atomic E-state index is 12.3. The van der Waals surface area contributed by atoms with Crippen LogP contribution in [0.3, 0.4) is 0 Å². The van der Waals surface area contributed by atoms with Crippen molar-refractivity contribution in [2.45, 2.75) is 19.8 Å². The lowest BCUT2D eigenvalue weighted by atomic mass is 10.0. The van der Waals surface area contributed by atoms with Crippen LogP contribution < -0.4 is 4.74 Å². The Kier molecular flexibility index (Phi) is 5.30. The lowest BCUT2D eigenvalue weighted by Gasteiger charge is -2.06. The lowest BCUT2D eigenvalue weighted by molar-refractivity contribution is -0.130. The summed E-state index contributed by atoms with van der Waals surface area (Å²) in [4.78, 5) is 12.3. The molecule has 0 unspecified atom stereocenters. The summed E-state index contributed by atoms with van der Waals surface area (Å²) in [6.45, 7) is 4.32. The Labute approximate surface area is 170 Å². The first-order valence-corrected chi connectivity index (χ1v) is 9.67. The molecule has 1 aliphatic heterocycles. The normalized spacial score (nSPS) is 14.8. The second-order valence-corrected chi connectivity index (χ2v) is 7.26. The van der Waals surface area contributed by atoms with Crippen LogP contribution in [0.2, 0.25) is 0 Å². The van der Waals surface area contributed by atoms with Crippen LogP contribution in [-0.4, -0.2) is 5.97 Å². The van der Waals surface area contributed by atoms with E-state index in [1.165, 1.54) is 5.56 Å². The summed E-state index contributed by atoms with van der Waals surface area (Å²) in [6.07, 6.45) is 3.64. The molecule has 3 nitrogen and oxygen atoms in total. The minimum Gasteiger partial charge on any atom is -0.457 e. The minimum absolute atomic E-state index is 0.336. The highest BCUT2D eigenvalue weighted by atomic mass is 16.5. The number of carbonyl (C=O) groups is 1. The van der Waals surface area contributed by atoms with Crippen LogP contribution in [0.15, 0.2) is 90.5 Å². The fraction of sp³-hybridized carbons (Fsp3) is 0.115. The van der Waals surface area contributed by atoms with Crippen LogP contribution in [0.5, 0.6) is 11.5 Å². The fourth-order valence-corrected chi connectivity index (χ4v) is 3.10. The lowest BCUT2D eigenvalue weighted by Crippen LogP contribution is -1.97. The van der Waals surface area contributed by atoms with E-state index >= 15 is 0 Å². The van der Waals surface area contributed by atoms with E-state index in [4.69, 9.17) is 9.47 Å². The predicted molar refractivity (Wildman–Crippen MR) is 116 cm³/mol. The van der Waals surface area contributed by atoms with Gasteiger partial charge in [0.1, 0.15) is 17.3 Å². The quantitative estimate of drug-likeness (QED) is 0.369. The van der Waals surface area contributed by atoms with E-state index < -0.39 is 0 Å². The monoisotopic (exact) mass is 382 g/mol. The van der Waals surface area contributed by atoms with Gasteiger partial charge in [-0.3, -0.25) is 0 Å². The Bertz CT molecular complexity index is 1060. The topological polar surface area (TPSA) is 35.5 Å². The van der Waals surface area contributed by atoms with Crippen molar-refractivity contribution in [3.05, 3.63) is 107 Å². The number of hydrogen-bond donors (Lipinski definition) is 0. The van der Waals surface area contributed by atoms with Gasteiger partial charge in [-0.1, -0.05) is 56.3 Å². The van der Waals surface area contributed by atoms with Crippen molar-refractivity contribution >= 4 is 17.8 Å². The molecule has 0 atom stereocenters.